The molecule has 0 amide bonds. The van der Waals surface area contributed by atoms with Gasteiger partial charge in [-0.3, -0.25) is 0 Å². The molecule has 80 valence electrons. The lowest BCUT2D eigenvalue weighted by Crippen LogP contribution is -2.35. The van der Waals surface area contributed by atoms with E-state index in [1.54, 1.807) is 0 Å². The average Bonchev–Trinajstić information content (AvgIpc) is 2.67. The van der Waals surface area contributed by atoms with E-state index in [9.17, 15) is 5.21 Å². The van der Waals surface area contributed by atoms with Gasteiger partial charge in [-0.1, -0.05) is 30.3 Å². The lowest BCUT2D eigenvalue weighted by Gasteiger charge is -2.29. The summed E-state index contributed by atoms with van der Waals surface area (Å²) in [6.07, 6.45) is 1.81. The Kier molecular flexibility index (Phi) is 3.08. The van der Waals surface area contributed by atoms with Crippen LogP contribution in [0.1, 0.15) is 12.0 Å². The van der Waals surface area contributed by atoms with Gasteiger partial charge in [0, 0.05) is 11.6 Å². The van der Waals surface area contributed by atoms with Crippen LogP contribution in [0, 0.1) is 5.21 Å². The van der Waals surface area contributed by atoms with Gasteiger partial charge in [0.05, 0.1) is 0 Å². The van der Waals surface area contributed by atoms with Crippen LogP contribution in [0.3, 0.4) is 0 Å². The van der Waals surface area contributed by atoms with E-state index in [1.807, 2.05) is 18.2 Å². The third-order valence-corrected chi connectivity index (χ3v) is 2.59. The molecular formula is C11H15N3O. The number of hydrogen-bond acceptors (Lipinski definition) is 3. The molecule has 1 aromatic rings. The first kappa shape index (κ1) is 10.3. The Morgan fingerprint density at radius 2 is 2.07 bits per heavy atom. The zero-order valence-electron chi connectivity index (χ0n) is 8.67. The minimum absolute atomic E-state index is 0.479. The highest BCUT2D eigenvalue weighted by Gasteiger charge is 2.20. The first-order valence-corrected chi connectivity index (χ1v) is 5.30. The standard InChI is InChI=1S/C11H15N3O/c15-14(10-8-12-13-14)9-4-7-11-5-2-1-3-6-11/h1-3,5-6H,4,7-10H2. The maximum atomic E-state index is 11.8. The molecule has 0 spiro atoms. The Bertz CT molecular complexity index is 339. The largest absolute Gasteiger partial charge is 0.603 e. The molecule has 1 aliphatic rings. The van der Waals surface area contributed by atoms with Crippen molar-refractivity contribution in [3.8, 4) is 0 Å². The quantitative estimate of drug-likeness (QED) is 0.549. The van der Waals surface area contributed by atoms with Crippen LogP contribution in [0.15, 0.2) is 40.7 Å². The second-order valence-electron chi connectivity index (χ2n) is 3.84. The molecule has 0 radical (unpaired) electrons. The lowest BCUT2D eigenvalue weighted by molar-refractivity contribution is -0.882. The number of quaternary nitrogens is 1. The maximum absolute atomic E-state index is 11.8. The topological polar surface area (TPSA) is 47.8 Å². The van der Waals surface area contributed by atoms with E-state index in [2.05, 4.69) is 22.5 Å². The van der Waals surface area contributed by atoms with Crippen molar-refractivity contribution in [2.24, 2.45) is 10.3 Å². The monoisotopic (exact) mass is 205 g/mol. The fourth-order valence-corrected chi connectivity index (χ4v) is 1.74. The fraction of sp³-hybridized carbons (Fsp3) is 0.455. The SMILES string of the molecule is [O-][N+]1(CCCc2ccccc2)CCN=N1. The summed E-state index contributed by atoms with van der Waals surface area (Å²) in [7, 11) is 0. The van der Waals surface area contributed by atoms with Crippen LogP contribution < -0.4 is 0 Å². The second-order valence-corrected chi connectivity index (χ2v) is 3.84. The molecule has 0 N–H and O–H groups in total. The van der Waals surface area contributed by atoms with Crippen LogP contribution in [0.5, 0.6) is 0 Å². The van der Waals surface area contributed by atoms with Crippen molar-refractivity contribution < 1.29 is 4.76 Å². The Labute approximate surface area is 89.4 Å². The van der Waals surface area contributed by atoms with Crippen molar-refractivity contribution in [2.45, 2.75) is 12.8 Å². The first-order valence-electron chi connectivity index (χ1n) is 5.30. The third-order valence-electron chi connectivity index (χ3n) is 2.59. The van der Waals surface area contributed by atoms with Gasteiger partial charge in [-0.25, -0.2) is 4.76 Å². The summed E-state index contributed by atoms with van der Waals surface area (Å²) in [5.41, 5.74) is 1.28. The minimum atomic E-state index is -0.479. The highest BCUT2D eigenvalue weighted by atomic mass is 16.6. The maximum Gasteiger partial charge on any atom is 0.126 e. The zero-order chi connectivity index (χ0) is 10.6. The van der Waals surface area contributed by atoms with E-state index in [1.165, 1.54) is 5.56 Å². The Balaban J connectivity index is 1.78. The summed E-state index contributed by atoms with van der Waals surface area (Å²) in [4.78, 5) is 0. The number of rotatable bonds is 4. The van der Waals surface area contributed by atoms with Crippen molar-refractivity contribution >= 4 is 0 Å². The van der Waals surface area contributed by atoms with Crippen molar-refractivity contribution in [3.05, 3.63) is 41.1 Å². The van der Waals surface area contributed by atoms with E-state index < -0.39 is 4.76 Å². The van der Waals surface area contributed by atoms with Gasteiger partial charge in [0.15, 0.2) is 0 Å². The number of nitrogens with zero attached hydrogens (tertiary/aromatic N) is 3. The van der Waals surface area contributed by atoms with E-state index in [0.717, 1.165) is 12.8 Å². The molecule has 0 fully saturated rings. The van der Waals surface area contributed by atoms with Crippen LogP contribution >= 0.6 is 0 Å². The number of benzene rings is 1. The van der Waals surface area contributed by atoms with Gasteiger partial charge >= 0.3 is 0 Å². The van der Waals surface area contributed by atoms with Crippen molar-refractivity contribution in [1.82, 2.24) is 0 Å². The van der Waals surface area contributed by atoms with Crippen molar-refractivity contribution in [3.63, 3.8) is 0 Å². The first-order chi connectivity index (χ1) is 7.29. The molecule has 15 heavy (non-hydrogen) atoms. The summed E-state index contributed by atoms with van der Waals surface area (Å²) in [5, 5.41) is 19.2. The normalized spacial score (nSPS) is 24.6. The number of hydroxylamine groups is 2. The highest BCUT2D eigenvalue weighted by molar-refractivity contribution is 5.14. The molecule has 4 nitrogen and oxygen atoms in total. The Hall–Kier alpha value is -1.26. The van der Waals surface area contributed by atoms with Gasteiger partial charge in [-0.05, 0) is 12.0 Å². The van der Waals surface area contributed by atoms with Gasteiger partial charge in [0.2, 0.25) is 0 Å². The fourth-order valence-electron chi connectivity index (χ4n) is 1.74. The molecule has 4 heteroatoms. The minimum Gasteiger partial charge on any atom is -0.603 e. The molecule has 2 rings (SSSR count). The van der Waals surface area contributed by atoms with Gasteiger partial charge < -0.3 is 5.21 Å². The second kappa shape index (κ2) is 4.51. The van der Waals surface area contributed by atoms with Crippen LogP contribution in [0.4, 0.5) is 0 Å². The highest BCUT2D eigenvalue weighted by Crippen LogP contribution is 2.14. The molecule has 0 bridgehead atoms. The molecule has 0 saturated carbocycles. The predicted octanol–water partition coefficient (Wildman–Crippen LogP) is 2.31. The summed E-state index contributed by atoms with van der Waals surface area (Å²) < 4.78 is -0.479. The van der Waals surface area contributed by atoms with Crippen LogP contribution in [0.2, 0.25) is 0 Å². The predicted molar refractivity (Wildman–Crippen MR) is 57.8 cm³/mol. The van der Waals surface area contributed by atoms with Gasteiger partial charge in [-0.15, -0.1) is 5.11 Å². The summed E-state index contributed by atoms with van der Waals surface area (Å²) in [6, 6.07) is 10.2. The molecule has 0 aromatic heterocycles. The molecule has 1 aliphatic heterocycles. The number of aryl methyl sites for hydroxylation is 1. The van der Waals surface area contributed by atoms with Gasteiger partial charge in [0.1, 0.15) is 19.6 Å². The zero-order valence-corrected chi connectivity index (χ0v) is 8.67. The van der Waals surface area contributed by atoms with Crippen molar-refractivity contribution in [2.75, 3.05) is 19.6 Å². The van der Waals surface area contributed by atoms with Crippen molar-refractivity contribution in [1.29, 1.82) is 0 Å². The molecule has 1 aromatic carbocycles. The molecule has 1 atom stereocenters. The van der Waals surface area contributed by atoms with E-state index >= 15 is 0 Å². The van der Waals surface area contributed by atoms with E-state index in [4.69, 9.17) is 0 Å². The molecule has 0 aliphatic carbocycles. The number of hydrogen-bond donors (Lipinski definition) is 0. The summed E-state index contributed by atoms with van der Waals surface area (Å²) >= 11 is 0. The van der Waals surface area contributed by atoms with E-state index in [-0.39, 0.29) is 0 Å². The smallest absolute Gasteiger partial charge is 0.126 e. The molecule has 0 saturated heterocycles. The Morgan fingerprint density at radius 1 is 1.27 bits per heavy atom. The molecule has 1 heterocycles. The molecular weight excluding hydrogens is 190 g/mol. The van der Waals surface area contributed by atoms with Gasteiger partial charge in [-0.2, -0.15) is 0 Å². The average molecular weight is 205 g/mol. The van der Waals surface area contributed by atoms with Crippen LogP contribution in [-0.2, 0) is 6.42 Å². The Morgan fingerprint density at radius 3 is 2.73 bits per heavy atom. The lowest BCUT2D eigenvalue weighted by atomic mass is 10.1. The third kappa shape index (κ3) is 2.84. The van der Waals surface area contributed by atoms with E-state index in [0.29, 0.717) is 19.6 Å². The van der Waals surface area contributed by atoms with Gasteiger partial charge in [0.25, 0.3) is 0 Å². The van der Waals surface area contributed by atoms with Crippen LogP contribution in [-0.4, -0.2) is 24.4 Å². The molecule has 1 unspecified atom stereocenters. The summed E-state index contributed by atoms with van der Waals surface area (Å²) in [5.74, 6) is 0. The van der Waals surface area contributed by atoms with Crippen LogP contribution in [0.25, 0.3) is 0 Å². The summed E-state index contributed by atoms with van der Waals surface area (Å²) in [6.45, 7) is 1.63.